The summed E-state index contributed by atoms with van der Waals surface area (Å²) in [7, 11) is 0. The number of rotatable bonds is 8. The van der Waals surface area contributed by atoms with Gasteiger partial charge in [0.25, 0.3) is 0 Å². The lowest BCUT2D eigenvalue weighted by Crippen LogP contribution is -2.21. The predicted octanol–water partition coefficient (Wildman–Crippen LogP) is 1.48. The summed E-state index contributed by atoms with van der Waals surface area (Å²) in [6.07, 6.45) is 8.22. The fourth-order valence-corrected chi connectivity index (χ4v) is 2.81. The molecule has 0 aromatic carbocycles. The standard InChI is InChI=1S/C16H26O5/c1-11(17)5-3-2-4-6-12-9-13(18)10-14(12)15(19)7-8-16(20)21/h4,6-8,11-15,17-19H,2-3,5,9-10H2,1H3,(H,20,21)/b6-4+,8-7+. The number of unbranched alkanes of at least 4 members (excludes halogenated alkanes) is 1. The number of carbonyl (C=O) groups is 1. The Balaban J connectivity index is 2.50. The second kappa shape index (κ2) is 8.97. The molecule has 1 saturated carbocycles. The van der Waals surface area contributed by atoms with Crippen LogP contribution in [0.25, 0.3) is 0 Å². The summed E-state index contributed by atoms with van der Waals surface area (Å²) < 4.78 is 0. The third kappa shape index (κ3) is 6.89. The summed E-state index contributed by atoms with van der Waals surface area (Å²) in [5.74, 6) is -1.18. The van der Waals surface area contributed by atoms with E-state index >= 15 is 0 Å². The Morgan fingerprint density at radius 1 is 1.33 bits per heavy atom. The molecular weight excluding hydrogens is 272 g/mol. The van der Waals surface area contributed by atoms with Crippen LogP contribution in [0.2, 0.25) is 0 Å². The number of aliphatic hydroxyl groups excluding tert-OH is 3. The van der Waals surface area contributed by atoms with Crippen LogP contribution in [0.4, 0.5) is 0 Å². The topological polar surface area (TPSA) is 98.0 Å². The first-order valence-electron chi connectivity index (χ1n) is 7.52. The molecule has 5 atom stereocenters. The molecule has 0 spiro atoms. The van der Waals surface area contributed by atoms with Gasteiger partial charge >= 0.3 is 5.97 Å². The number of hydrogen-bond donors (Lipinski definition) is 4. The van der Waals surface area contributed by atoms with Crippen LogP contribution in [0, 0.1) is 11.8 Å². The molecule has 4 N–H and O–H groups in total. The van der Waals surface area contributed by atoms with E-state index in [1.54, 1.807) is 6.92 Å². The van der Waals surface area contributed by atoms with Crippen molar-refractivity contribution in [1.82, 2.24) is 0 Å². The fourth-order valence-electron chi connectivity index (χ4n) is 2.81. The summed E-state index contributed by atoms with van der Waals surface area (Å²) in [5, 5.41) is 37.5. The SMILES string of the molecule is CC(O)CCC/C=C/C1CC(O)CC1C(O)/C=C/C(=O)O. The van der Waals surface area contributed by atoms with E-state index < -0.39 is 18.2 Å². The summed E-state index contributed by atoms with van der Waals surface area (Å²) in [6, 6.07) is 0. The lowest BCUT2D eigenvalue weighted by molar-refractivity contribution is -0.131. The van der Waals surface area contributed by atoms with Crippen LogP contribution in [0.1, 0.15) is 39.0 Å². The lowest BCUT2D eigenvalue weighted by Gasteiger charge is -2.19. The third-order valence-corrected chi connectivity index (χ3v) is 3.89. The zero-order valence-electron chi connectivity index (χ0n) is 12.4. The van der Waals surface area contributed by atoms with Crippen molar-refractivity contribution in [3.8, 4) is 0 Å². The van der Waals surface area contributed by atoms with Gasteiger partial charge in [-0.25, -0.2) is 4.79 Å². The molecular formula is C16H26O5. The van der Waals surface area contributed by atoms with Crippen LogP contribution in [-0.4, -0.2) is 44.7 Å². The zero-order valence-corrected chi connectivity index (χ0v) is 12.4. The van der Waals surface area contributed by atoms with Crippen molar-refractivity contribution in [2.24, 2.45) is 11.8 Å². The van der Waals surface area contributed by atoms with Crippen LogP contribution >= 0.6 is 0 Å². The molecule has 5 nitrogen and oxygen atoms in total. The van der Waals surface area contributed by atoms with Crippen molar-refractivity contribution in [3.63, 3.8) is 0 Å². The fraction of sp³-hybridized carbons (Fsp3) is 0.688. The summed E-state index contributed by atoms with van der Waals surface area (Å²) >= 11 is 0. The molecule has 1 fully saturated rings. The van der Waals surface area contributed by atoms with Gasteiger partial charge in [0.05, 0.1) is 18.3 Å². The highest BCUT2D eigenvalue weighted by molar-refractivity contribution is 5.79. The molecule has 0 heterocycles. The van der Waals surface area contributed by atoms with Gasteiger partial charge in [-0.05, 0) is 56.9 Å². The second-order valence-corrected chi connectivity index (χ2v) is 5.85. The second-order valence-electron chi connectivity index (χ2n) is 5.85. The number of aliphatic hydroxyl groups is 3. The quantitative estimate of drug-likeness (QED) is 0.309. The minimum absolute atomic E-state index is 0.0556. The Bertz CT molecular complexity index is 375. The van der Waals surface area contributed by atoms with E-state index in [0.717, 1.165) is 25.3 Å². The highest BCUT2D eigenvalue weighted by Crippen LogP contribution is 2.36. The number of allylic oxidation sites excluding steroid dienone is 2. The molecule has 1 rings (SSSR count). The van der Waals surface area contributed by atoms with E-state index in [-0.39, 0.29) is 17.9 Å². The van der Waals surface area contributed by atoms with E-state index in [0.29, 0.717) is 12.8 Å². The van der Waals surface area contributed by atoms with Crippen molar-refractivity contribution in [2.75, 3.05) is 0 Å². The number of carboxylic acid groups (broad SMARTS) is 1. The van der Waals surface area contributed by atoms with E-state index in [1.165, 1.54) is 6.08 Å². The van der Waals surface area contributed by atoms with Gasteiger partial charge in [-0.3, -0.25) is 0 Å². The Kier molecular flexibility index (Phi) is 7.64. The van der Waals surface area contributed by atoms with Crippen LogP contribution in [0.15, 0.2) is 24.3 Å². The molecule has 21 heavy (non-hydrogen) atoms. The van der Waals surface area contributed by atoms with Gasteiger partial charge < -0.3 is 20.4 Å². The van der Waals surface area contributed by atoms with E-state index in [2.05, 4.69) is 0 Å². The van der Waals surface area contributed by atoms with Gasteiger partial charge in [-0.2, -0.15) is 0 Å². The molecule has 1 aliphatic carbocycles. The normalized spacial score (nSPS) is 29.2. The van der Waals surface area contributed by atoms with Crippen molar-refractivity contribution >= 4 is 5.97 Å². The number of aliphatic carboxylic acids is 1. The van der Waals surface area contributed by atoms with Crippen LogP contribution in [-0.2, 0) is 4.79 Å². The average molecular weight is 298 g/mol. The summed E-state index contributed by atoms with van der Waals surface area (Å²) in [4.78, 5) is 10.5. The zero-order chi connectivity index (χ0) is 15.8. The Hall–Kier alpha value is -1.17. The van der Waals surface area contributed by atoms with Gasteiger partial charge in [0, 0.05) is 6.08 Å². The van der Waals surface area contributed by atoms with Gasteiger partial charge in [-0.1, -0.05) is 12.2 Å². The van der Waals surface area contributed by atoms with Crippen LogP contribution < -0.4 is 0 Å². The molecule has 0 radical (unpaired) electrons. The number of carboxylic acids is 1. The van der Waals surface area contributed by atoms with Crippen molar-refractivity contribution < 1.29 is 25.2 Å². The molecule has 0 aromatic heterocycles. The maximum absolute atomic E-state index is 10.5. The Labute approximate surface area is 125 Å². The summed E-state index contributed by atoms with van der Waals surface area (Å²) in [6.45, 7) is 1.76. The number of hydrogen-bond acceptors (Lipinski definition) is 4. The Morgan fingerprint density at radius 3 is 2.67 bits per heavy atom. The van der Waals surface area contributed by atoms with Crippen molar-refractivity contribution in [1.29, 1.82) is 0 Å². The molecule has 120 valence electrons. The Morgan fingerprint density at radius 2 is 2.05 bits per heavy atom. The highest BCUT2D eigenvalue weighted by atomic mass is 16.4. The summed E-state index contributed by atoms with van der Waals surface area (Å²) in [5.41, 5.74) is 0. The van der Waals surface area contributed by atoms with Gasteiger partial charge in [0.1, 0.15) is 0 Å². The van der Waals surface area contributed by atoms with E-state index in [4.69, 9.17) is 5.11 Å². The first kappa shape index (κ1) is 17.9. The first-order valence-corrected chi connectivity index (χ1v) is 7.52. The van der Waals surface area contributed by atoms with Gasteiger partial charge in [0.15, 0.2) is 0 Å². The van der Waals surface area contributed by atoms with E-state index in [9.17, 15) is 20.1 Å². The minimum Gasteiger partial charge on any atom is -0.478 e. The molecule has 0 amide bonds. The highest BCUT2D eigenvalue weighted by Gasteiger charge is 2.35. The van der Waals surface area contributed by atoms with Crippen molar-refractivity contribution in [2.45, 2.75) is 57.3 Å². The monoisotopic (exact) mass is 298 g/mol. The third-order valence-electron chi connectivity index (χ3n) is 3.89. The first-order chi connectivity index (χ1) is 9.90. The maximum Gasteiger partial charge on any atom is 0.328 e. The van der Waals surface area contributed by atoms with E-state index in [1.807, 2.05) is 12.2 Å². The van der Waals surface area contributed by atoms with Gasteiger partial charge in [-0.15, -0.1) is 0 Å². The molecule has 0 saturated heterocycles. The van der Waals surface area contributed by atoms with Crippen molar-refractivity contribution in [3.05, 3.63) is 24.3 Å². The molecule has 0 aromatic rings. The smallest absolute Gasteiger partial charge is 0.328 e. The largest absolute Gasteiger partial charge is 0.478 e. The van der Waals surface area contributed by atoms with Gasteiger partial charge in [0.2, 0.25) is 0 Å². The molecule has 1 aliphatic rings. The predicted molar refractivity (Wildman–Crippen MR) is 79.7 cm³/mol. The minimum atomic E-state index is -1.09. The van der Waals surface area contributed by atoms with Crippen LogP contribution in [0.3, 0.4) is 0 Å². The maximum atomic E-state index is 10.5. The van der Waals surface area contributed by atoms with Crippen LogP contribution in [0.5, 0.6) is 0 Å². The molecule has 5 heteroatoms. The average Bonchev–Trinajstić information content (AvgIpc) is 2.76. The lowest BCUT2D eigenvalue weighted by atomic mass is 9.90. The molecule has 0 aliphatic heterocycles. The molecule has 5 unspecified atom stereocenters. The molecule has 0 bridgehead atoms.